The van der Waals surface area contributed by atoms with E-state index in [-0.39, 0.29) is 6.10 Å². The first-order valence-corrected chi connectivity index (χ1v) is 6.05. The van der Waals surface area contributed by atoms with Gasteiger partial charge in [0.05, 0.1) is 13.2 Å². The number of hydrogen-bond acceptors (Lipinski definition) is 2. The van der Waals surface area contributed by atoms with Crippen LogP contribution in [0.5, 0.6) is 5.75 Å². The van der Waals surface area contributed by atoms with Gasteiger partial charge in [-0.3, -0.25) is 0 Å². The molecular weight excluding hydrogens is 200 g/mol. The van der Waals surface area contributed by atoms with Crippen LogP contribution in [0.2, 0.25) is 0 Å². The fourth-order valence-electron chi connectivity index (χ4n) is 2.63. The summed E-state index contributed by atoms with van der Waals surface area (Å²) >= 11 is 0. The number of methoxy groups -OCH3 is 1. The highest BCUT2D eigenvalue weighted by atomic mass is 16.5. The van der Waals surface area contributed by atoms with Gasteiger partial charge < -0.3 is 9.84 Å². The zero-order valence-corrected chi connectivity index (χ0v) is 10.1. The van der Waals surface area contributed by atoms with Crippen molar-refractivity contribution in [3.05, 3.63) is 29.3 Å². The van der Waals surface area contributed by atoms with Gasteiger partial charge in [0.1, 0.15) is 5.75 Å². The van der Waals surface area contributed by atoms with Crippen LogP contribution >= 0.6 is 0 Å². The number of aryl methyl sites for hydroxylation is 1. The predicted octanol–water partition coefficient (Wildman–Crippen LogP) is 3.23. The van der Waals surface area contributed by atoms with E-state index in [9.17, 15) is 5.11 Å². The molecule has 0 radical (unpaired) electrons. The van der Waals surface area contributed by atoms with E-state index in [0.717, 1.165) is 29.7 Å². The van der Waals surface area contributed by atoms with Gasteiger partial charge in [-0.2, -0.15) is 0 Å². The maximum atomic E-state index is 10.3. The molecule has 2 nitrogen and oxygen atoms in total. The van der Waals surface area contributed by atoms with Crippen LogP contribution in [0.4, 0.5) is 0 Å². The van der Waals surface area contributed by atoms with E-state index >= 15 is 0 Å². The summed E-state index contributed by atoms with van der Waals surface area (Å²) < 4.78 is 5.22. The molecule has 0 heterocycles. The molecule has 0 aromatic heterocycles. The number of hydrogen-bond donors (Lipinski definition) is 1. The van der Waals surface area contributed by atoms with Crippen LogP contribution in [0, 0.1) is 12.8 Å². The Hall–Kier alpha value is -1.02. The lowest BCUT2D eigenvalue weighted by atomic mass is 9.93. The van der Waals surface area contributed by atoms with Gasteiger partial charge in [-0.1, -0.05) is 18.9 Å². The topological polar surface area (TPSA) is 29.5 Å². The van der Waals surface area contributed by atoms with E-state index < -0.39 is 0 Å². The molecule has 1 saturated carbocycles. The summed E-state index contributed by atoms with van der Waals surface area (Å²) in [4.78, 5) is 0. The summed E-state index contributed by atoms with van der Waals surface area (Å²) in [5, 5.41) is 10.3. The molecule has 1 N–H and O–H groups in total. The molecule has 0 aliphatic heterocycles. The minimum Gasteiger partial charge on any atom is -0.496 e. The molecule has 1 aliphatic rings. The quantitative estimate of drug-likeness (QED) is 0.847. The minimum atomic E-state index is -0.299. The van der Waals surface area contributed by atoms with Crippen molar-refractivity contribution in [1.29, 1.82) is 0 Å². The highest BCUT2D eigenvalue weighted by Gasteiger charge is 2.24. The molecule has 0 spiro atoms. The van der Waals surface area contributed by atoms with Crippen molar-refractivity contribution < 1.29 is 9.84 Å². The van der Waals surface area contributed by atoms with Crippen molar-refractivity contribution in [3.8, 4) is 5.75 Å². The van der Waals surface area contributed by atoms with Crippen LogP contribution < -0.4 is 4.74 Å². The first-order valence-electron chi connectivity index (χ1n) is 6.05. The molecule has 1 aromatic carbocycles. The second-order valence-electron chi connectivity index (χ2n) is 4.72. The average molecular weight is 220 g/mol. The number of benzene rings is 1. The number of aliphatic hydroxyl groups excluding tert-OH is 1. The van der Waals surface area contributed by atoms with Crippen molar-refractivity contribution in [2.24, 2.45) is 5.92 Å². The van der Waals surface area contributed by atoms with Crippen LogP contribution in [0.1, 0.15) is 42.9 Å². The highest BCUT2D eigenvalue weighted by molar-refractivity contribution is 5.37. The van der Waals surface area contributed by atoms with E-state index in [2.05, 4.69) is 0 Å². The van der Waals surface area contributed by atoms with Gasteiger partial charge in [-0.25, -0.2) is 0 Å². The van der Waals surface area contributed by atoms with Gasteiger partial charge in [0.2, 0.25) is 0 Å². The normalized spacial score (nSPS) is 18.7. The molecule has 1 aliphatic carbocycles. The largest absolute Gasteiger partial charge is 0.496 e. The number of rotatable bonds is 3. The summed E-state index contributed by atoms with van der Waals surface area (Å²) in [5.41, 5.74) is 2.13. The van der Waals surface area contributed by atoms with E-state index in [1.165, 1.54) is 12.8 Å². The van der Waals surface area contributed by atoms with Crippen LogP contribution in [0.3, 0.4) is 0 Å². The van der Waals surface area contributed by atoms with E-state index in [1.54, 1.807) is 7.11 Å². The zero-order valence-electron chi connectivity index (χ0n) is 10.1. The summed E-state index contributed by atoms with van der Waals surface area (Å²) in [6.07, 6.45) is 4.54. The van der Waals surface area contributed by atoms with Crippen LogP contribution in [0.15, 0.2) is 18.2 Å². The molecule has 0 bridgehead atoms. The van der Waals surface area contributed by atoms with Crippen molar-refractivity contribution in [2.45, 2.75) is 38.7 Å². The van der Waals surface area contributed by atoms with Crippen molar-refractivity contribution >= 4 is 0 Å². The summed E-state index contributed by atoms with van der Waals surface area (Å²) in [7, 11) is 1.68. The molecule has 2 rings (SSSR count). The Morgan fingerprint density at radius 2 is 2.00 bits per heavy atom. The molecule has 1 fully saturated rings. The van der Waals surface area contributed by atoms with Crippen LogP contribution in [0.25, 0.3) is 0 Å². The first kappa shape index (κ1) is 11.5. The first-order chi connectivity index (χ1) is 7.72. The monoisotopic (exact) mass is 220 g/mol. The van der Waals surface area contributed by atoms with Crippen molar-refractivity contribution in [1.82, 2.24) is 0 Å². The maximum absolute atomic E-state index is 10.3. The lowest BCUT2D eigenvalue weighted by Crippen LogP contribution is -2.09. The average Bonchev–Trinajstić information content (AvgIpc) is 2.81. The predicted molar refractivity (Wildman–Crippen MR) is 64.6 cm³/mol. The van der Waals surface area contributed by atoms with E-state index in [4.69, 9.17) is 4.74 Å². The molecular formula is C14H20O2. The molecule has 1 aromatic rings. The van der Waals surface area contributed by atoms with Gasteiger partial charge in [0.25, 0.3) is 0 Å². The third-order valence-electron chi connectivity index (χ3n) is 3.61. The Kier molecular flexibility index (Phi) is 3.49. The Bertz CT molecular complexity index is 354. The Labute approximate surface area is 97.3 Å². The Balaban J connectivity index is 2.16. The summed E-state index contributed by atoms with van der Waals surface area (Å²) in [6, 6.07) is 5.97. The van der Waals surface area contributed by atoms with Gasteiger partial charge in [-0.15, -0.1) is 0 Å². The molecule has 0 saturated heterocycles. The van der Waals surface area contributed by atoms with Gasteiger partial charge in [0, 0.05) is 0 Å². The van der Waals surface area contributed by atoms with Crippen LogP contribution in [-0.4, -0.2) is 12.2 Å². The van der Waals surface area contributed by atoms with E-state index in [1.807, 2.05) is 25.1 Å². The highest BCUT2D eigenvalue weighted by Crippen LogP contribution is 2.36. The maximum Gasteiger partial charge on any atom is 0.121 e. The fourth-order valence-corrected chi connectivity index (χ4v) is 2.63. The third kappa shape index (κ3) is 2.22. The molecule has 2 heteroatoms. The summed E-state index contributed by atoms with van der Waals surface area (Å²) in [6.45, 7) is 2.02. The summed E-state index contributed by atoms with van der Waals surface area (Å²) in [5.74, 6) is 1.34. The second-order valence-corrected chi connectivity index (χ2v) is 4.72. The molecule has 0 amide bonds. The van der Waals surface area contributed by atoms with Gasteiger partial charge in [-0.05, 0) is 48.9 Å². The molecule has 16 heavy (non-hydrogen) atoms. The SMILES string of the molecule is COc1ccc(C(O)C2CCCC2)cc1C. The smallest absolute Gasteiger partial charge is 0.121 e. The lowest BCUT2D eigenvalue weighted by Gasteiger charge is -2.19. The van der Waals surface area contributed by atoms with Gasteiger partial charge >= 0.3 is 0 Å². The van der Waals surface area contributed by atoms with Crippen LogP contribution in [-0.2, 0) is 0 Å². The van der Waals surface area contributed by atoms with E-state index in [0.29, 0.717) is 5.92 Å². The number of aliphatic hydroxyl groups is 1. The Morgan fingerprint density at radius 1 is 1.31 bits per heavy atom. The molecule has 1 atom stereocenters. The lowest BCUT2D eigenvalue weighted by molar-refractivity contribution is 0.111. The standard InChI is InChI=1S/C14H20O2/c1-10-9-12(7-8-13(10)16-2)14(15)11-5-3-4-6-11/h7-9,11,14-15H,3-6H2,1-2H3. The molecule has 88 valence electrons. The second kappa shape index (κ2) is 4.88. The van der Waals surface area contributed by atoms with Crippen molar-refractivity contribution in [3.63, 3.8) is 0 Å². The zero-order chi connectivity index (χ0) is 11.5. The van der Waals surface area contributed by atoms with Crippen molar-refractivity contribution in [2.75, 3.05) is 7.11 Å². The Morgan fingerprint density at radius 3 is 2.56 bits per heavy atom. The number of ether oxygens (including phenoxy) is 1. The third-order valence-corrected chi connectivity index (χ3v) is 3.61. The fraction of sp³-hybridized carbons (Fsp3) is 0.571. The van der Waals surface area contributed by atoms with Gasteiger partial charge in [0.15, 0.2) is 0 Å². The minimum absolute atomic E-state index is 0.299. The molecule has 1 unspecified atom stereocenters.